The number of hydrogen-bond acceptors (Lipinski definition) is 1. The van der Waals surface area contributed by atoms with Gasteiger partial charge in [0, 0.05) is 5.57 Å². The number of allylic oxidation sites excluding steroid dienone is 3. The summed E-state index contributed by atoms with van der Waals surface area (Å²) < 4.78 is 34.9. The minimum absolute atomic E-state index is 0.435. The fourth-order valence-electron chi connectivity index (χ4n) is 0.291. The third-order valence-corrected chi connectivity index (χ3v) is 0.841. The number of rotatable bonds is 2. The van der Waals surface area contributed by atoms with E-state index < -0.39 is 17.5 Å². The highest BCUT2D eigenvalue weighted by atomic mass is 19.4. The quantitative estimate of drug-likeness (QED) is 0.491. The minimum atomic E-state index is -4.44. The summed E-state index contributed by atoms with van der Waals surface area (Å²) in [5.74, 6) is -0.435. The molecule has 0 aromatic carbocycles. The molecular formula is C7H7F3O. The van der Waals surface area contributed by atoms with Gasteiger partial charge in [0.1, 0.15) is 5.76 Å². The normalized spacial score (nSPS) is 11.9. The van der Waals surface area contributed by atoms with E-state index in [4.69, 9.17) is 5.11 Å². The molecule has 11 heavy (non-hydrogen) atoms. The molecule has 0 fully saturated rings. The first-order chi connectivity index (χ1) is 4.84. The summed E-state index contributed by atoms with van der Waals surface area (Å²) in [7, 11) is 0. The highest BCUT2D eigenvalue weighted by Crippen LogP contribution is 2.24. The van der Waals surface area contributed by atoms with E-state index in [1.807, 2.05) is 0 Å². The molecule has 0 atom stereocenters. The first kappa shape index (κ1) is 9.81. The molecule has 0 amide bonds. The van der Waals surface area contributed by atoms with Gasteiger partial charge in [0.15, 0.2) is 0 Å². The molecule has 1 nitrogen and oxygen atoms in total. The maximum Gasteiger partial charge on any atom is 0.415 e. The Hall–Kier alpha value is -1.19. The molecule has 4 heteroatoms. The number of halogens is 3. The Balaban J connectivity index is 4.20. The zero-order valence-electron chi connectivity index (χ0n) is 5.65. The molecule has 0 unspecified atom stereocenters. The summed E-state index contributed by atoms with van der Waals surface area (Å²) in [6.07, 6.45) is -2.95. The van der Waals surface area contributed by atoms with E-state index in [2.05, 4.69) is 13.2 Å². The highest BCUT2D eigenvalue weighted by molar-refractivity contribution is 5.24. The van der Waals surface area contributed by atoms with Crippen molar-refractivity contribution in [1.82, 2.24) is 0 Å². The second-order valence-corrected chi connectivity index (χ2v) is 1.85. The second-order valence-electron chi connectivity index (χ2n) is 1.85. The van der Waals surface area contributed by atoms with Crippen LogP contribution in [-0.4, -0.2) is 11.3 Å². The van der Waals surface area contributed by atoms with Gasteiger partial charge in [-0.15, -0.1) is 0 Å². The fraction of sp³-hybridized carbons (Fsp3) is 0.143. The van der Waals surface area contributed by atoms with Crippen molar-refractivity contribution >= 4 is 0 Å². The van der Waals surface area contributed by atoms with Gasteiger partial charge in [-0.05, 0) is 12.2 Å². The predicted octanol–water partition coefficient (Wildman–Crippen LogP) is 2.73. The smallest absolute Gasteiger partial charge is 0.415 e. The summed E-state index contributed by atoms with van der Waals surface area (Å²) in [6, 6.07) is 0. The van der Waals surface area contributed by atoms with E-state index in [9.17, 15) is 13.2 Å². The van der Waals surface area contributed by atoms with Gasteiger partial charge in [-0.25, -0.2) is 0 Å². The monoisotopic (exact) mass is 164 g/mol. The van der Waals surface area contributed by atoms with Gasteiger partial charge in [0.2, 0.25) is 0 Å². The molecular weight excluding hydrogens is 157 g/mol. The Kier molecular flexibility index (Phi) is 2.92. The standard InChI is InChI=1S/C7H7F3O/c1-5(7(8,9)10)3-4-6(2)11/h3-4,11H,1-2H2/b4-3-. The average molecular weight is 164 g/mol. The maximum atomic E-state index is 11.6. The molecule has 1 N–H and O–H groups in total. The van der Waals surface area contributed by atoms with Crippen molar-refractivity contribution in [2.24, 2.45) is 0 Å². The van der Waals surface area contributed by atoms with Gasteiger partial charge >= 0.3 is 6.18 Å². The van der Waals surface area contributed by atoms with Crippen LogP contribution in [-0.2, 0) is 0 Å². The Labute approximate surface area is 62.2 Å². The lowest BCUT2D eigenvalue weighted by molar-refractivity contribution is -0.0878. The van der Waals surface area contributed by atoms with Crippen molar-refractivity contribution in [2.75, 3.05) is 0 Å². The van der Waals surface area contributed by atoms with Crippen LogP contribution in [0.4, 0.5) is 13.2 Å². The van der Waals surface area contributed by atoms with Gasteiger partial charge in [-0.3, -0.25) is 0 Å². The van der Waals surface area contributed by atoms with Gasteiger partial charge < -0.3 is 5.11 Å². The zero-order chi connectivity index (χ0) is 9.07. The summed E-state index contributed by atoms with van der Waals surface area (Å²) in [4.78, 5) is 0. The zero-order valence-corrected chi connectivity index (χ0v) is 5.65. The van der Waals surface area contributed by atoms with Crippen LogP contribution in [0.25, 0.3) is 0 Å². The Morgan fingerprint density at radius 2 is 1.64 bits per heavy atom. The number of hydrogen-bond donors (Lipinski definition) is 1. The lowest BCUT2D eigenvalue weighted by atomic mass is 10.2. The van der Waals surface area contributed by atoms with Crippen molar-refractivity contribution in [3.8, 4) is 0 Å². The average Bonchev–Trinajstić information content (AvgIpc) is 1.80. The first-order valence-electron chi connectivity index (χ1n) is 2.66. The molecule has 0 aliphatic heterocycles. The van der Waals surface area contributed by atoms with E-state index in [0.717, 1.165) is 6.08 Å². The SMILES string of the molecule is C=C(O)/C=C\C(=C)C(F)(F)F. The third kappa shape index (κ3) is 4.25. The lowest BCUT2D eigenvalue weighted by Crippen LogP contribution is -2.08. The van der Waals surface area contributed by atoms with E-state index >= 15 is 0 Å². The molecule has 0 aromatic heterocycles. The number of alkyl halides is 3. The van der Waals surface area contributed by atoms with Gasteiger partial charge in [-0.2, -0.15) is 13.2 Å². The number of aliphatic hydroxyl groups excluding tert-OH is 1. The molecule has 0 heterocycles. The molecule has 0 spiro atoms. The predicted molar refractivity (Wildman–Crippen MR) is 36.1 cm³/mol. The molecule has 0 rings (SSSR count). The first-order valence-corrected chi connectivity index (χ1v) is 2.66. The van der Waals surface area contributed by atoms with Crippen LogP contribution >= 0.6 is 0 Å². The van der Waals surface area contributed by atoms with Gasteiger partial charge in [0.05, 0.1) is 0 Å². The van der Waals surface area contributed by atoms with Crippen molar-refractivity contribution in [2.45, 2.75) is 6.18 Å². The fourth-order valence-corrected chi connectivity index (χ4v) is 0.291. The molecule has 0 saturated carbocycles. The topological polar surface area (TPSA) is 20.2 Å². The molecule has 0 aliphatic rings. The summed E-state index contributed by atoms with van der Waals surface area (Å²) in [6.45, 7) is 5.70. The highest BCUT2D eigenvalue weighted by Gasteiger charge is 2.29. The van der Waals surface area contributed by atoms with Crippen LogP contribution in [0.15, 0.2) is 36.6 Å². The summed E-state index contributed by atoms with van der Waals surface area (Å²) in [5, 5.41) is 8.38. The third-order valence-electron chi connectivity index (χ3n) is 0.841. The van der Waals surface area contributed by atoms with Crippen LogP contribution in [0.3, 0.4) is 0 Å². The number of aliphatic hydroxyl groups is 1. The van der Waals surface area contributed by atoms with Crippen LogP contribution in [0.5, 0.6) is 0 Å². The molecule has 0 bridgehead atoms. The van der Waals surface area contributed by atoms with E-state index in [0.29, 0.717) is 6.08 Å². The molecule has 0 aromatic rings. The van der Waals surface area contributed by atoms with E-state index in [1.54, 1.807) is 0 Å². The van der Waals surface area contributed by atoms with Crippen molar-refractivity contribution in [3.63, 3.8) is 0 Å². The van der Waals surface area contributed by atoms with Crippen molar-refractivity contribution < 1.29 is 18.3 Å². The van der Waals surface area contributed by atoms with Crippen LogP contribution < -0.4 is 0 Å². The van der Waals surface area contributed by atoms with Crippen LogP contribution in [0.2, 0.25) is 0 Å². The summed E-state index contributed by atoms with van der Waals surface area (Å²) >= 11 is 0. The van der Waals surface area contributed by atoms with Crippen LogP contribution in [0, 0.1) is 0 Å². The molecule has 0 radical (unpaired) electrons. The van der Waals surface area contributed by atoms with E-state index in [-0.39, 0.29) is 0 Å². The summed E-state index contributed by atoms with van der Waals surface area (Å²) in [5.41, 5.74) is -1.02. The molecule has 0 saturated heterocycles. The second kappa shape index (κ2) is 3.27. The largest absolute Gasteiger partial charge is 0.509 e. The minimum Gasteiger partial charge on any atom is -0.509 e. The molecule has 0 aliphatic carbocycles. The van der Waals surface area contributed by atoms with Crippen molar-refractivity contribution in [3.05, 3.63) is 36.6 Å². The van der Waals surface area contributed by atoms with Gasteiger partial charge in [0.25, 0.3) is 0 Å². The Bertz CT molecular complexity index is 200. The lowest BCUT2D eigenvalue weighted by Gasteiger charge is -2.03. The Morgan fingerprint density at radius 1 is 1.18 bits per heavy atom. The van der Waals surface area contributed by atoms with Crippen molar-refractivity contribution in [1.29, 1.82) is 0 Å². The molecule has 62 valence electrons. The maximum absolute atomic E-state index is 11.6. The van der Waals surface area contributed by atoms with Crippen LogP contribution in [0.1, 0.15) is 0 Å². The van der Waals surface area contributed by atoms with Gasteiger partial charge in [-0.1, -0.05) is 13.2 Å². The Morgan fingerprint density at radius 3 is 1.91 bits per heavy atom. The van der Waals surface area contributed by atoms with E-state index in [1.165, 1.54) is 0 Å².